The van der Waals surface area contributed by atoms with Gasteiger partial charge < -0.3 is 5.11 Å². The quantitative estimate of drug-likeness (QED) is 0.773. The van der Waals surface area contributed by atoms with Crippen LogP contribution in [0.25, 0.3) is 0 Å². The zero-order chi connectivity index (χ0) is 12.8. The van der Waals surface area contributed by atoms with Gasteiger partial charge in [-0.25, -0.2) is 4.39 Å². The Morgan fingerprint density at radius 3 is 2.00 bits per heavy atom. The van der Waals surface area contributed by atoms with E-state index in [4.69, 9.17) is 0 Å². The average molecular weight is 224 g/mol. The number of hydrogen-bond donors (Lipinski definition) is 1. The lowest BCUT2D eigenvalue weighted by molar-refractivity contribution is -0.0593. The Balaban J connectivity index is 0.00000106. The summed E-state index contributed by atoms with van der Waals surface area (Å²) in [6.45, 7) is 10.2. The van der Waals surface area contributed by atoms with E-state index < -0.39 is 11.3 Å². The van der Waals surface area contributed by atoms with E-state index in [1.54, 1.807) is 24.3 Å². The van der Waals surface area contributed by atoms with Gasteiger partial charge in [0.25, 0.3) is 0 Å². The maximum Gasteiger partial charge on any atom is 0.158 e. The summed E-state index contributed by atoms with van der Waals surface area (Å²) in [5.74, 6) is 0. The van der Waals surface area contributed by atoms with Crippen molar-refractivity contribution >= 4 is 0 Å². The van der Waals surface area contributed by atoms with E-state index in [1.807, 2.05) is 19.9 Å². The minimum absolute atomic E-state index is 0.546. The van der Waals surface area contributed by atoms with Gasteiger partial charge in [-0.1, -0.05) is 56.8 Å². The molecule has 0 bridgehead atoms. The van der Waals surface area contributed by atoms with Crippen LogP contribution in [0.5, 0.6) is 0 Å². The predicted molar refractivity (Wildman–Crippen MR) is 67.1 cm³/mol. The first kappa shape index (κ1) is 14.8. The van der Waals surface area contributed by atoms with Crippen molar-refractivity contribution in [1.29, 1.82) is 0 Å². The zero-order valence-corrected chi connectivity index (χ0v) is 10.5. The van der Waals surface area contributed by atoms with E-state index in [0.717, 1.165) is 6.08 Å². The number of hydrogen-bond acceptors (Lipinski definition) is 1. The Kier molecular flexibility index (Phi) is 5.39. The minimum atomic E-state index is -1.84. The van der Waals surface area contributed by atoms with Gasteiger partial charge in [-0.15, -0.1) is 0 Å². The summed E-state index contributed by atoms with van der Waals surface area (Å²) in [6.07, 6.45) is 1.12. The lowest BCUT2D eigenvalue weighted by atomic mass is 9.82. The van der Waals surface area contributed by atoms with Gasteiger partial charge in [0, 0.05) is 0 Å². The van der Waals surface area contributed by atoms with Crippen molar-refractivity contribution in [2.24, 2.45) is 0 Å². The fourth-order valence-corrected chi connectivity index (χ4v) is 1.24. The van der Waals surface area contributed by atoms with Crippen molar-refractivity contribution in [2.75, 3.05) is 0 Å². The van der Waals surface area contributed by atoms with Crippen molar-refractivity contribution in [1.82, 2.24) is 0 Å². The van der Waals surface area contributed by atoms with E-state index in [0.29, 0.717) is 5.56 Å². The van der Waals surface area contributed by atoms with Crippen LogP contribution in [-0.2, 0) is 5.60 Å². The van der Waals surface area contributed by atoms with Gasteiger partial charge >= 0.3 is 0 Å². The highest BCUT2D eigenvalue weighted by Crippen LogP contribution is 2.36. The van der Waals surface area contributed by atoms with Crippen LogP contribution in [0.1, 0.15) is 33.3 Å². The standard InChI is InChI=1S/C12H15FO.C2H6/c1-4-11(2,13)12(3,14)10-8-6-5-7-9-10;1-2/h4-9,14H,1H2,2-3H3;1-2H3. The molecule has 1 N–H and O–H groups in total. The number of benzene rings is 1. The van der Waals surface area contributed by atoms with Gasteiger partial charge in [-0.2, -0.15) is 0 Å². The Hall–Kier alpha value is -1.15. The Morgan fingerprint density at radius 1 is 1.19 bits per heavy atom. The van der Waals surface area contributed by atoms with Crippen LogP contribution in [0.15, 0.2) is 43.0 Å². The molecular weight excluding hydrogens is 203 g/mol. The predicted octanol–water partition coefficient (Wildman–Crippen LogP) is 3.83. The van der Waals surface area contributed by atoms with Crippen molar-refractivity contribution in [3.05, 3.63) is 48.6 Å². The fourth-order valence-electron chi connectivity index (χ4n) is 1.24. The van der Waals surface area contributed by atoms with Crippen LogP contribution < -0.4 is 0 Å². The molecule has 2 atom stereocenters. The second kappa shape index (κ2) is 5.80. The third kappa shape index (κ3) is 2.92. The molecule has 0 amide bonds. The summed E-state index contributed by atoms with van der Waals surface area (Å²) in [5.41, 5.74) is -2.84. The molecule has 0 spiro atoms. The molecule has 1 nitrogen and oxygen atoms in total. The number of alkyl halides is 1. The van der Waals surface area contributed by atoms with E-state index in [2.05, 4.69) is 6.58 Å². The van der Waals surface area contributed by atoms with Gasteiger partial charge in [0.1, 0.15) is 5.60 Å². The maximum atomic E-state index is 13.9. The third-order valence-corrected chi connectivity index (χ3v) is 2.67. The third-order valence-electron chi connectivity index (χ3n) is 2.67. The molecule has 0 aliphatic rings. The molecule has 1 aromatic rings. The lowest BCUT2D eigenvalue weighted by Crippen LogP contribution is -2.42. The molecule has 16 heavy (non-hydrogen) atoms. The highest BCUT2D eigenvalue weighted by molar-refractivity contribution is 5.27. The first-order valence-electron chi connectivity index (χ1n) is 5.52. The van der Waals surface area contributed by atoms with Gasteiger partial charge in [-0.3, -0.25) is 0 Å². The molecule has 0 saturated heterocycles. The topological polar surface area (TPSA) is 20.2 Å². The Bertz CT molecular complexity index is 315. The lowest BCUT2D eigenvalue weighted by Gasteiger charge is -2.34. The largest absolute Gasteiger partial charge is 0.382 e. The Morgan fingerprint density at radius 2 is 1.62 bits per heavy atom. The molecule has 0 aliphatic carbocycles. The van der Waals surface area contributed by atoms with Crippen LogP contribution in [-0.4, -0.2) is 10.8 Å². The summed E-state index contributed by atoms with van der Waals surface area (Å²) in [7, 11) is 0. The zero-order valence-electron chi connectivity index (χ0n) is 10.5. The van der Waals surface area contributed by atoms with Crippen molar-refractivity contribution in [3.8, 4) is 0 Å². The van der Waals surface area contributed by atoms with Gasteiger partial charge in [0.15, 0.2) is 5.67 Å². The smallest absolute Gasteiger partial charge is 0.158 e. The molecule has 0 radical (unpaired) electrons. The maximum absolute atomic E-state index is 13.9. The highest BCUT2D eigenvalue weighted by atomic mass is 19.1. The molecule has 1 rings (SSSR count). The molecule has 0 saturated carbocycles. The van der Waals surface area contributed by atoms with Crippen molar-refractivity contribution in [3.63, 3.8) is 0 Å². The molecule has 0 heterocycles. The van der Waals surface area contributed by atoms with Crippen molar-refractivity contribution in [2.45, 2.75) is 39.0 Å². The molecule has 2 heteroatoms. The van der Waals surface area contributed by atoms with Crippen LogP contribution in [0.3, 0.4) is 0 Å². The van der Waals surface area contributed by atoms with E-state index in [9.17, 15) is 9.50 Å². The van der Waals surface area contributed by atoms with E-state index in [-0.39, 0.29) is 0 Å². The first-order chi connectivity index (χ1) is 7.42. The number of rotatable bonds is 3. The Labute approximate surface area is 97.6 Å². The molecule has 0 aliphatic heterocycles. The van der Waals surface area contributed by atoms with Crippen LogP contribution >= 0.6 is 0 Å². The van der Waals surface area contributed by atoms with Crippen molar-refractivity contribution < 1.29 is 9.50 Å². The van der Waals surface area contributed by atoms with Crippen LogP contribution in [0.4, 0.5) is 4.39 Å². The van der Waals surface area contributed by atoms with Gasteiger partial charge in [0.2, 0.25) is 0 Å². The van der Waals surface area contributed by atoms with E-state index in [1.165, 1.54) is 13.8 Å². The van der Waals surface area contributed by atoms with Gasteiger partial charge in [-0.05, 0) is 19.4 Å². The number of halogens is 1. The molecule has 0 fully saturated rings. The van der Waals surface area contributed by atoms with Crippen LogP contribution in [0.2, 0.25) is 0 Å². The highest BCUT2D eigenvalue weighted by Gasteiger charge is 2.42. The number of aliphatic hydroxyl groups is 1. The second-order valence-corrected chi connectivity index (χ2v) is 3.72. The summed E-state index contributed by atoms with van der Waals surface area (Å²) in [4.78, 5) is 0. The van der Waals surface area contributed by atoms with Gasteiger partial charge in [0.05, 0.1) is 0 Å². The normalized spacial score (nSPS) is 17.4. The molecular formula is C14H21FO. The second-order valence-electron chi connectivity index (χ2n) is 3.72. The summed E-state index contributed by atoms with van der Waals surface area (Å²) < 4.78 is 13.9. The molecule has 90 valence electrons. The molecule has 1 aromatic carbocycles. The first-order valence-corrected chi connectivity index (χ1v) is 5.52. The minimum Gasteiger partial charge on any atom is -0.382 e. The van der Waals surface area contributed by atoms with Crippen LogP contribution in [0, 0.1) is 0 Å². The molecule has 0 aromatic heterocycles. The van der Waals surface area contributed by atoms with E-state index >= 15 is 0 Å². The molecule has 2 unspecified atom stereocenters. The summed E-state index contributed by atoms with van der Waals surface area (Å²) >= 11 is 0. The average Bonchev–Trinajstić information content (AvgIpc) is 2.32. The monoisotopic (exact) mass is 224 g/mol. The summed E-state index contributed by atoms with van der Waals surface area (Å²) in [5, 5.41) is 10.1. The SMILES string of the molecule is C=CC(C)(F)C(C)(O)c1ccccc1.CC. The summed E-state index contributed by atoms with van der Waals surface area (Å²) in [6, 6.07) is 8.75. The fraction of sp³-hybridized carbons (Fsp3) is 0.429.